The van der Waals surface area contributed by atoms with Gasteiger partial charge in [-0.1, -0.05) is 6.07 Å². The summed E-state index contributed by atoms with van der Waals surface area (Å²) in [6.45, 7) is 1.44. The predicted octanol–water partition coefficient (Wildman–Crippen LogP) is 4.75. The Morgan fingerprint density at radius 2 is 2.03 bits per heavy atom. The van der Waals surface area contributed by atoms with Crippen LogP contribution in [0.25, 0.3) is 26.4 Å². The fourth-order valence-corrected chi connectivity index (χ4v) is 5.36. The number of nitrogens with zero attached hydrogens (tertiary/aromatic N) is 4. The number of aryl methyl sites for hydroxylation is 1. The van der Waals surface area contributed by atoms with E-state index in [0.717, 1.165) is 16.6 Å². The molecule has 34 heavy (non-hydrogen) atoms. The van der Waals surface area contributed by atoms with Gasteiger partial charge in [0.05, 0.1) is 22.5 Å². The molecule has 0 bridgehead atoms. The first kappa shape index (κ1) is 22.0. The summed E-state index contributed by atoms with van der Waals surface area (Å²) in [4.78, 5) is 33.9. The Balaban J connectivity index is 1.60. The predicted molar refractivity (Wildman–Crippen MR) is 122 cm³/mol. The zero-order valence-electron chi connectivity index (χ0n) is 17.2. The molecule has 5 aromatic rings. The maximum Gasteiger partial charge on any atom is 0.433 e. The van der Waals surface area contributed by atoms with Crippen molar-refractivity contribution in [3.8, 4) is 10.6 Å². The fourth-order valence-electron chi connectivity index (χ4n) is 3.56. The number of hydrogen-bond donors (Lipinski definition) is 2. The van der Waals surface area contributed by atoms with Crippen molar-refractivity contribution in [3.05, 3.63) is 63.7 Å². The number of carbonyl (C=O) groups is 2. The number of anilines is 1. The first-order valence-electron chi connectivity index (χ1n) is 9.64. The Labute approximate surface area is 196 Å². The van der Waals surface area contributed by atoms with E-state index >= 15 is 0 Å². The molecule has 0 aliphatic rings. The number of rotatable bonds is 4. The Bertz CT molecular complexity index is 1590. The highest BCUT2D eigenvalue weighted by Crippen LogP contribution is 2.40. The normalized spacial score (nSPS) is 11.9. The van der Waals surface area contributed by atoms with Crippen LogP contribution in [-0.2, 0) is 6.18 Å². The number of aromatic nitrogens is 4. The lowest BCUT2D eigenvalue weighted by atomic mass is 10.1. The summed E-state index contributed by atoms with van der Waals surface area (Å²) < 4.78 is 41.1. The first-order chi connectivity index (χ1) is 16.1. The van der Waals surface area contributed by atoms with Gasteiger partial charge in [-0.05, 0) is 36.1 Å². The number of pyridine rings is 1. The number of carbonyl (C=O) groups excluding carboxylic acids is 2. The molecule has 0 atom stereocenters. The lowest BCUT2D eigenvalue weighted by Crippen LogP contribution is -2.17. The molecule has 0 aliphatic carbocycles. The molecule has 0 unspecified atom stereocenters. The van der Waals surface area contributed by atoms with E-state index in [4.69, 9.17) is 5.73 Å². The minimum atomic E-state index is -4.66. The number of nitrogens with one attached hydrogen (secondary N) is 1. The summed E-state index contributed by atoms with van der Waals surface area (Å²) in [5.41, 5.74) is 5.68. The van der Waals surface area contributed by atoms with Crippen LogP contribution in [0.2, 0.25) is 0 Å². The van der Waals surface area contributed by atoms with Gasteiger partial charge >= 0.3 is 6.18 Å². The van der Waals surface area contributed by atoms with Gasteiger partial charge in [-0.25, -0.2) is 14.5 Å². The number of hydrogen-bond acceptors (Lipinski definition) is 7. The highest BCUT2D eigenvalue weighted by Gasteiger charge is 2.34. The number of thiophene rings is 2. The van der Waals surface area contributed by atoms with Gasteiger partial charge in [0.1, 0.15) is 21.0 Å². The maximum atomic E-state index is 13.2. The summed E-state index contributed by atoms with van der Waals surface area (Å²) >= 11 is 2.18. The minimum Gasteiger partial charge on any atom is -0.365 e. The molecule has 0 saturated carbocycles. The second-order valence-electron chi connectivity index (χ2n) is 7.23. The maximum absolute atomic E-state index is 13.2. The molecule has 0 spiro atoms. The second kappa shape index (κ2) is 7.88. The quantitative estimate of drug-likeness (QED) is 0.368. The van der Waals surface area contributed by atoms with Crippen LogP contribution in [-0.4, -0.2) is 31.4 Å². The molecular weight excluding hydrogens is 489 g/mol. The van der Waals surface area contributed by atoms with E-state index in [2.05, 4.69) is 20.4 Å². The van der Waals surface area contributed by atoms with Gasteiger partial charge < -0.3 is 11.1 Å². The van der Waals surface area contributed by atoms with E-state index in [1.807, 2.05) is 17.5 Å². The molecule has 172 valence electrons. The largest absolute Gasteiger partial charge is 0.433 e. The molecule has 2 amide bonds. The van der Waals surface area contributed by atoms with Crippen molar-refractivity contribution in [1.29, 1.82) is 0 Å². The highest BCUT2D eigenvalue weighted by atomic mass is 32.1. The molecule has 5 aromatic heterocycles. The Morgan fingerprint density at radius 1 is 1.24 bits per heavy atom. The third-order valence-corrected chi connectivity index (χ3v) is 7.02. The smallest absolute Gasteiger partial charge is 0.365 e. The van der Waals surface area contributed by atoms with Crippen molar-refractivity contribution in [3.63, 3.8) is 0 Å². The van der Waals surface area contributed by atoms with Gasteiger partial charge in [0.25, 0.3) is 11.8 Å². The summed E-state index contributed by atoms with van der Waals surface area (Å²) in [7, 11) is 0. The first-order valence-corrected chi connectivity index (χ1v) is 11.3. The number of primary amides is 1. The third kappa shape index (κ3) is 3.58. The van der Waals surface area contributed by atoms with Gasteiger partial charge in [0.2, 0.25) is 0 Å². The van der Waals surface area contributed by atoms with Crippen LogP contribution in [0.4, 0.5) is 18.9 Å². The number of fused-ring (bicyclic) bond motifs is 2. The highest BCUT2D eigenvalue weighted by molar-refractivity contribution is 7.21. The standard InChI is InChI=1S/C21H13F3N6O2S2/c1-9-7-13(21(22,23)24)28-20-14(9)15(16(34-20)17(25)31)29-19(32)10-8-27-30-11(4-5-26-18(10)30)12-3-2-6-33-12/h2-8H,1H3,(H2,25,31)(H,29,32). The van der Waals surface area contributed by atoms with Crippen LogP contribution < -0.4 is 11.1 Å². The van der Waals surface area contributed by atoms with E-state index < -0.39 is 23.7 Å². The van der Waals surface area contributed by atoms with Crippen LogP contribution in [0.3, 0.4) is 0 Å². The number of halogens is 3. The molecule has 0 aliphatic heterocycles. The fraction of sp³-hybridized carbons (Fsp3) is 0.0952. The average molecular weight is 503 g/mol. The topological polar surface area (TPSA) is 115 Å². The van der Waals surface area contributed by atoms with Crippen LogP contribution >= 0.6 is 22.7 Å². The summed E-state index contributed by atoms with van der Waals surface area (Å²) in [5.74, 6) is -1.54. The van der Waals surface area contributed by atoms with Crippen molar-refractivity contribution in [2.75, 3.05) is 5.32 Å². The van der Waals surface area contributed by atoms with Crippen molar-refractivity contribution in [2.24, 2.45) is 5.73 Å². The molecule has 0 saturated heterocycles. The Kier molecular flexibility index (Phi) is 5.10. The van der Waals surface area contributed by atoms with Gasteiger partial charge in [-0.2, -0.15) is 18.3 Å². The summed E-state index contributed by atoms with van der Waals surface area (Å²) in [5, 5.41) is 9.02. The molecule has 5 rings (SSSR count). The number of alkyl halides is 3. The van der Waals surface area contributed by atoms with E-state index in [9.17, 15) is 22.8 Å². The van der Waals surface area contributed by atoms with Crippen LogP contribution in [0.15, 0.2) is 42.0 Å². The molecular formula is C21H13F3N6O2S2. The summed E-state index contributed by atoms with van der Waals surface area (Å²) in [6.07, 6.45) is -1.78. The van der Waals surface area contributed by atoms with Crippen molar-refractivity contribution in [2.45, 2.75) is 13.1 Å². The zero-order valence-corrected chi connectivity index (χ0v) is 18.8. The molecule has 0 fully saturated rings. The zero-order chi connectivity index (χ0) is 24.2. The van der Waals surface area contributed by atoms with Crippen LogP contribution in [0.1, 0.15) is 31.3 Å². The number of nitrogens with two attached hydrogens (primary N) is 1. The average Bonchev–Trinajstić information content (AvgIpc) is 3.51. The van der Waals surface area contributed by atoms with Crippen molar-refractivity contribution < 1.29 is 22.8 Å². The monoisotopic (exact) mass is 502 g/mol. The van der Waals surface area contributed by atoms with Gasteiger partial charge in [0, 0.05) is 11.6 Å². The van der Waals surface area contributed by atoms with E-state index in [0.29, 0.717) is 11.3 Å². The number of amides is 2. The Hall–Kier alpha value is -3.84. The second-order valence-corrected chi connectivity index (χ2v) is 9.17. The van der Waals surface area contributed by atoms with E-state index in [-0.39, 0.29) is 37.6 Å². The van der Waals surface area contributed by atoms with Crippen molar-refractivity contribution >= 4 is 56.0 Å². The van der Waals surface area contributed by atoms with Crippen LogP contribution in [0.5, 0.6) is 0 Å². The van der Waals surface area contributed by atoms with E-state index in [1.54, 1.807) is 12.3 Å². The molecule has 5 heterocycles. The third-order valence-electron chi connectivity index (χ3n) is 5.03. The molecule has 0 radical (unpaired) electrons. The SMILES string of the molecule is Cc1cc(C(F)(F)F)nc2sc(C(N)=O)c(NC(=O)c3cnn4c(-c5cccs5)ccnc34)c12. The minimum absolute atomic E-state index is 0.00462. The lowest BCUT2D eigenvalue weighted by molar-refractivity contribution is -0.141. The van der Waals surface area contributed by atoms with Crippen LogP contribution in [0, 0.1) is 6.92 Å². The molecule has 8 nitrogen and oxygen atoms in total. The van der Waals surface area contributed by atoms with Gasteiger partial charge in [-0.15, -0.1) is 22.7 Å². The van der Waals surface area contributed by atoms with Gasteiger partial charge in [-0.3, -0.25) is 9.59 Å². The molecule has 13 heteroatoms. The van der Waals surface area contributed by atoms with E-state index in [1.165, 1.54) is 29.0 Å². The summed E-state index contributed by atoms with van der Waals surface area (Å²) in [6, 6.07) is 6.41. The van der Waals surface area contributed by atoms with Gasteiger partial charge in [0.15, 0.2) is 5.65 Å². The molecule has 3 N–H and O–H groups in total. The van der Waals surface area contributed by atoms with Crippen molar-refractivity contribution in [1.82, 2.24) is 19.6 Å². The molecule has 0 aromatic carbocycles. The Morgan fingerprint density at radius 3 is 2.71 bits per heavy atom. The lowest BCUT2D eigenvalue weighted by Gasteiger charge is -2.09.